The molecule has 90 valence electrons. The zero-order valence-electron chi connectivity index (χ0n) is 9.11. The van der Waals surface area contributed by atoms with Gasteiger partial charge in [-0.1, -0.05) is 0 Å². The van der Waals surface area contributed by atoms with Crippen molar-refractivity contribution in [2.75, 3.05) is 11.1 Å². The Hall–Kier alpha value is -2.13. The minimum absolute atomic E-state index is 0.340. The first kappa shape index (κ1) is 12.3. The molecule has 2 rings (SSSR count). The molecule has 0 amide bonds. The molecule has 0 unspecified atom stereocenters. The minimum Gasteiger partial charge on any atom is -0.396 e. The van der Waals surface area contributed by atoms with Gasteiger partial charge in [0.2, 0.25) is 0 Å². The highest BCUT2D eigenvalue weighted by atomic mass is 79.9. The van der Waals surface area contributed by atoms with Gasteiger partial charge >= 0.3 is 0 Å². The van der Waals surface area contributed by atoms with E-state index in [1.807, 2.05) is 6.07 Å². The van der Waals surface area contributed by atoms with Crippen molar-refractivity contribution in [1.82, 2.24) is 4.98 Å². The summed E-state index contributed by atoms with van der Waals surface area (Å²) in [6, 6.07) is 7.70. The Balaban J connectivity index is 2.32. The zero-order chi connectivity index (χ0) is 13.1. The Labute approximate surface area is 111 Å². The lowest BCUT2D eigenvalue weighted by Crippen LogP contribution is -2.00. The van der Waals surface area contributed by atoms with Crippen LogP contribution in [0.25, 0.3) is 0 Å². The molecule has 0 saturated heterocycles. The third kappa shape index (κ3) is 2.57. The number of nitrogens with one attached hydrogen (secondary N) is 1. The van der Waals surface area contributed by atoms with Crippen LogP contribution in [0.15, 0.2) is 34.9 Å². The molecule has 2 aromatic rings. The van der Waals surface area contributed by atoms with Crippen molar-refractivity contribution < 1.29 is 4.39 Å². The van der Waals surface area contributed by atoms with Crippen molar-refractivity contribution in [2.45, 2.75) is 0 Å². The van der Waals surface area contributed by atoms with Crippen molar-refractivity contribution in [3.8, 4) is 6.07 Å². The summed E-state index contributed by atoms with van der Waals surface area (Å²) >= 11 is 3.23. The van der Waals surface area contributed by atoms with Gasteiger partial charge in [-0.25, -0.2) is 9.37 Å². The van der Waals surface area contributed by atoms with Gasteiger partial charge in [0.15, 0.2) is 5.82 Å². The maximum absolute atomic E-state index is 12.9. The lowest BCUT2D eigenvalue weighted by Gasteiger charge is -2.10. The monoisotopic (exact) mass is 306 g/mol. The van der Waals surface area contributed by atoms with Crippen LogP contribution in [0.1, 0.15) is 5.56 Å². The number of aromatic nitrogens is 1. The van der Waals surface area contributed by atoms with Crippen molar-refractivity contribution >= 4 is 33.1 Å². The van der Waals surface area contributed by atoms with Gasteiger partial charge in [-0.2, -0.15) is 5.26 Å². The fourth-order valence-electron chi connectivity index (χ4n) is 1.37. The number of nitrogens with two attached hydrogens (primary N) is 1. The van der Waals surface area contributed by atoms with E-state index in [0.717, 1.165) is 0 Å². The van der Waals surface area contributed by atoms with Gasteiger partial charge in [-0.05, 0) is 40.2 Å². The topological polar surface area (TPSA) is 74.7 Å². The van der Waals surface area contributed by atoms with E-state index in [2.05, 4.69) is 26.2 Å². The molecule has 4 nitrogen and oxygen atoms in total. The second-order valence-corrected chi connectivity index (χ2v) is 4.38. The second kappa shape index (κ2) is 5.02. The first-order valence-corrected chi connectivity index (χ1v) is 5.77. The van der Waals surface area contributed by atoms with Gasteiger partial charge in [0.25, 0.3) is 0 Å². The second-order valence-electron chi connectivity index (χ2n) is 3.52. The maximum atomic E-state index is 12.9. The fraction of sp³-hybridized carbons (Fsp3) is 0. The quantitative estimate of drug-likeness (QED) is 0.893. The summed E-state index contributed by atoms with van der Waals surface area (Å²) in [6.07, 6.45) is 1.41. The Morgan fingerprint density at radius 2 is 2.17 bits per heavy atom. The molecule has 1 heterocycles. The summed E-state index contributed by atoms with van der Waals surface area (Å²) < 4.78 is 13.5. The number of rotatable bonds is 2. The van der Waals surface area contributed by atoms with E-state index in [9.17, 15) is 4.39 Å². The molecular weight excluding hydrogens is 299 g/mol. The number of pyridine rings is 1. The van der Waals surface area contributed by atoms with Crippen LogP contribution in [0.2, 0.25) is 0 Å². The normalized spacial score (nSPS) is 9.83. The largest absolute Gasteiger partial charge is 0.396 e. The lowest BCUT2D eigenvalue weighted by atomic mass is 10.2. The van der Waals surface area contributed by atoms with E-state index in [0.29, 0.717) is 27.2 Å². The molecule has 0 atom stereocenters. The molecule has 3 N–H and O–H groups in total. The maximum Gasteiger partial charge on any atom is 0.153 e. The molecule has 0 saturated carbocycles. The zero-order valence-corrected chi connectivity index (χ0v) is 10.7. The van der Waals surface area contributed by atoms with Gasteiger partial charge in [-0.15, -0.1) is 0 Å². The molecule has 0 fully saturated rings. The predicted molar refractivity (Wildman–Crippen MR) is 70.7 cm³/mol. The number of nitriles is 1. The highest BCUT2D eigenvalue weighted by Gasteiger charge is 2.06. The van der Waals surface area contributed by atoms with Gasteiger partial charge < -0.3 is 11.1 Å². The minimum atomic E-state index is -0.340. The third-order valence-electron chi connectivity index (χ3n) is 2.23. The predicted octanol–water partition coefficient (Wildman–Crippen LogP) is 3.18. The van der Waals surface area contributed by atoms with Crippen molar-refractivity contribution in [3.63, 3.8) is 0 Å². The summed E-state index contributed by atoms with van der Waals surface area (Å²) in [6.45, 7) is 0. The molecule has 0 aliphatic rings. The summed E-state index contributed by atoms with van der Waals surface area (Å²) in [5.74, 6) is 0.0782. The summed E-state index contributed by atoms with van der Waals surface area (Å²) in [5.41, 5.74) is 7.14. The van der Waals surface area contributed by atoms with E-state index in [1.165, 1.54) is 24.4 Å². The highest BCUT2D eigenvalue weighted by molar-refractivity contribution is 9.10. The number of nitrogen functional groups attached to an aromatic ring is 1. The number of halogens is 2. The smallest absolute Gasteiger partial charge is 0.153 e. The van der Waals surface area contributed by atoms with Crippen LogP contribution < -0.4 is 11.1 Å². The summed E-state index contributed by atoms with van der Waals surface area (Å²) in [4.78, 5) is 4.03. The molecule has 0 radical (unpaired) electrons. The van der Waals surface area contributed by atoms with Gasteiger partial charge in [0.05, 0.1) is 16.9 Å². The van der Waals surface area contributed by atoms with Crippen molar-refractivity contribution in [1.29, 1.82) is 5.26 Å². The highest BCUT2D eigenvalue weighted by Crippen LogP contribution is 2.28. The molecule has 18 heavy (non-hydrogen) atoms. The third-order valence-corrected chi connectivity index (χ3v) is 2.89. The summed E-state index contributed by atoms with van der Waals surface area (Å²) in [5, 5.41) is 11.7. The lowest BCUT2D eigenvalue weighted by molar-refractivity contribution is 0.627. The Bertz CT molecular complexity index is 636. The number of nitrogens with zero attached hydrogens (tertiary/aromatic N) is 2. The fourth-order valence-corrected chi connectivity index (χ4v) is 1.82. The molecule has 0 aliphatic carbocycles. The first-order chi connectivity index (χ1) is 8.60. The Kier molecular flexibility index (Phi) is 3.44. The first-order valence-electron chi connectivity index (χ1n) is 4.98. The van der Waals surface area contributed by atoms with E-state index >= 15 is 0 Å². The number of benzene rings is 1. The van der Waals surface area contributed by atoms with Crippen LogP contribution >= 0.6 is 15.9 Å². The van der Waals surface area contributed by atoms with E-state index in [-0.39, 0.29) is 5.82 Å². The molecule has 6 heteroatoms. The average Bonchev–Trinajstić information content (AvgIpc) is 2.34. The van der Waals surface area contributed by atoms with Gasteiger partial charge in [0, 0.05) is 10.7 Å². The Morgan fingerprint density at radius 1 is 1.39 bits per heavy atom. The van der Waals surface area contributed by atoms with Gasteiger partial charge in [-0.3, -0.25) is 0 Å². The number of hydrogen-bond acceptors (Lipinski definition) is 4. The standard InChI is InChI=1S/C12H8BrFN4/c13-9-4-8(14)1-2-11(9)18-12-10(16)3-7(5-15)6-17-12/h1-4,6H,16H2,(H,17,18). The molecule has 0 aliphatic heterocycles. The molecule has 0 bridgehead atoms. The number of anilines is 3. The molecule has 0 spiro atoms. The van der Waals surface area contributed by atoms with Crippen LogP contribution in [0.4, 0.5) is 21.6 Å². The molecular formula is C12H8BrFN4. The van der Waals surface area contributed by atoms with Crippen LogP contribution in [0, 0.1) is 17.1 Å². The van der Waals surface area contributed by atoms with Crippen molar-refractivity contribution in [3.05, 3.63) is 46.3 Å². The van der Waals surface area contributed by atoms with E-state index in [4.69, 9.17) is 11.0 Å². The Morgan fingerprint density at radius 3 is 2.78 bits per heavy atom. The van der Waals surface area contributed by atoms with Crippen molar-refractivity contribution in [2.24, 2.45) is 0 Å². The molecule has 1 aromatic heterocycles. The number of hydrogen-bond donors (Lipinski definition) is 2. The van der Waals surface area contributed by atoms with E-state index < -0.39 is 0 Å². The van der Waals surface area contributed by atoms with E-state index in [1.54, 1.807) is 6.07 Å². The summed E-state index contributed by atoms with van der Waals surface area (Å²) in [7, 11) is 0. The molecule has 1 aromatic carbocycles. The van der Waals surface area contributed by atoms with Crippen LogP contribution in [0.5, 0.6) is 0 Å². The SMILES string of the molecule is N#Cc1cnc(Nc2ccc(F)cc2Br)c(N)c1. The van der Waals surface area contributed by atoms with Crippen LogP contribution in [-0.2, 0) is 0 Å². The van der Waals surface area contributed by atoms with Gasteiger partial charge in [0.1, 0.15) is 11.9 Å². The van der Waals surface area contributed by atoms with Crippen LogP contribution in [0.3, 0.4) is 0 Å². The average molecular weight is 307 g/mol. The van der Waals surface area contributed by atoms with Crippen LogP contribution in [-0.4, -0.2) is 4.98 Å².